The molecule has 3 aromatic rings. The molecule has 0 aromatic heterocycles. The Labute approximate surface area is 271 Å². The normalized spacial score (nSPS) is 27.6. The second kappa shape index (κ2) is 11.4. The van der Waals surface area contributed by atoms with Crippen LogP contribution in [0.2, 0.25) is 0 Å². The second-order valence-electron chi connectivity index (χ2n) is 13.2. The number of likely N-dealkylation sites (N-methyl/N-ethyl adjacent to an activating group) is 1. The number of nitrogens with zero attached hydrogens (tertiary/aromatic N) is 2. The summed E-state index contributed by atoms with van der Waals surface area (Å²) in [5.41, 5.74) is 1.15. The SMILES string of the molecule is CC(=O)O[C@@]12CCC(N(C)C(=O)/C=C/c3ccc(C(F)(F)F)cc3)C3Oc4c(O)ccc5c4[C@@]31CCN(CCc1ccccc1)[C@@H]2C5. The van der Waals surface area contributed by atoms with Crippen LogP contribution in [-0.2, 0) is 38.8 Å². The number of aromatic hydroxyl groups is 1. The average Bonchev–Trinajstić information content (AvgIpc) is 3.40. The maximum absolute atomic E-state index is 13.6. The molecule has 1 N–H and O–H groups in total. The maximum Gasteiger partial charge on any atom is 0.416 e. The van der Waals surface area contributed by atoms with Crippen molar-refractivity contribution in [3.63, 3.8) is 0 Å². The smallest absolute Gasteiger partial charge is 0.416 e. The lowest BCUT2D eigenvalue weighted by Crippen LogP contribution is -2.79. The van der Waals surface area contributed by atoms with Crippen LogP contribution in [0.3, 0.4) is 0 Å². The van der Waals surface area contributed by atoms with Crippen LogP contribution in [-0.4, -0.2) is 70.7 Å². The zero-order valence-corrected chi connectivity index (χ0v) is 26.3. The summed E-state index contributed by atoms with van der Waals surface area (Å²) in [4.78, 5) is 30.6. The standard InChI is InChI=1S/C37H37F3N2O5/c1-23(43)47-36-18-16-28(41(2)31(45)15-10-25-8-12-27(13-9-25)37(38,39)40)34-35(36)19-21-42(20-17-24-6-4-3-5-7-24)30(36)22-26-11-14-29(44)33(46-34)32(26)35/h3-15,28,30,34,44H,16-22H2,1-2H3/b15-10+/t28?,30-,34?,35+,36-/m1/s1. The Morgan fingerprint density at radius 2 is 1.83 bits per heavy atom. The number of alkyl halides is 3. The van der Waals surface area contributed by atoms with Crippen molar-refractivity contribution in [1.82, 2.24) is 9.80 Å². The molecule has 3 aromatic carbocycles. The molecule has 7 rings (SSSR count). The van der Waals surface area contributed by atoms with E-state index < -0.39 is 34.9 Å². The summed E-state index contributed by atoms with van der Waals surface area (Å²) >= 11 is 0. The highest BCUT2D eigenvalue weighted by Crippen LogP contribution is 2.67. The van der Waals surface area contributed by atoms with Gasteiger partial charge in [0, 0.05) is 32.2 Å². The zero-order valence-electron chi connectivity index (χ0n) is 26.3. The molecular weight excluding hydrogens is 609 g/mol. The van der Waals surface area contributed by atoms with Gasteiger partial charge in [-0.25, -0.2) is 0 Å². The molecule has 0 radical (unpaired) electrons. The summed E-state index contributed by atoms with van der Waals surface area (Å²) < 4.78 is 52.2. The number of rotatable bonds is 7. The van der Waals surface area contributed by atoms with Crippen LogP contribution in [0.5, 0.6) is 11.5 Å². The molecule has 2 aliphatic carbocycles. The molecule has 1 saturated carbocycles. The molecule has 2 fully saturated rings. The molecule has 7 nitrogen and oxygen atoms in total. The van der Waals surface area contributed by atoms with Gasteiger partial charge in [-0.3, -0.25) is 14.5 Å². The Kier molecular flexibility index (Phi) is 7.62. The second-order valence-corrected chi connectivity index (χ2v) is 13.2. The minimum absolute atomic E-state index is 0.0177. The lowest BCUT2D eigenvalue weighted by molar-refractivity contribution is -0.223. The van der Waals surface area contributed by atoms with Crippen molar-refractivity contribution in [1.29, 1.82) is 0 Å². The molecule has 2 unspecified atom stereocenters. The molecule has 2 aliphatic heterocycles. The molecule has 2 heterocycles. The molecule has 1 saturated heterocycles. The number of phenolic OH excluding ortho intramolecular Hbond substituents is 1. The Morgan fingerprint density at radius 3 is 2.53 bits per heavy atom. The number of carbonyl (C=O) groups excluding carboxylic acids is 2. The molecule has 5 atom stereocenters. The van der Waals surface area contributed by atoms with Gasteiger partial charge >= 0.3 is 12.1 Å². The summed E-state index contributed by atoms with van der Waals surface area (Å²) in [6.45, 7) is 2.95. The van der Waals surface area contributed by atoms with Crippen LogP contribution < -0.4 is 4.74 Å². The number of esters is 1. The number of benzene rings is 3. The number of amides is 1. The molecule has 1 spiro atoms. The van der Waals surface area contributed by atoms with E-state index in [1.807, 2.05) is 24.3 Å². The Hall–Kier alpha value is -4.31. The Balaban J connectivity index is 1.22. The number of phenols is 1. The van der Waals surface area contributed by atoms with Crippen LogP contribution >= 0.6 is 0 Å². The highest BCUT2D eigenvalue weighted by Gasteiger charge is 2.75. The van der Waals surface area contributed by atoms with Crippen molar-refractivity contribution in [3.05, 3.63) is 101 Å². The average molecular weight is 647 g/mol. The Morgan fingerprint density at radius 1 is 1.09 bits per heavy atom. The van der Waals surface area contributed by atoms with E-state index >= 15 is 0 Å². The van der Waals surface area contributed by atoms with E-state index in [2.05, 4.69) is 17.0 Å². The van der Waals surface area contributed by atoms with E-state index in [9.17, 15) is 27.9 Å². The number of carbonyl (C=O) groups is 2. The van der Waals surface area contributed by atoms with Gasteiger partial charge in [0.15, 0.2) is 11.5 Å². The van der Waals surface area contributed by atoms with E-state index in [1.54, 1.807) is 18.0 Å². The van der Waals surface area contributed by atoms with Crippen LogP contribution in [0.1, 0.15) is 54.0 Å². The zero-order chi connectivity index (χ0) is 33.1. The van der Waals surface area contributed by atoms with E-state index in [0.29, 0.717) is 37.0 Å². The highest BCUT2D eigenvalue weighted by atomic mass is 19.4. The van der Waals surface area contributed by atoms with Gasteiger partial charge in [-0.2, -0.15) is 13.2 Å². The quantitative estimate of drug-likeness (QED) is 0.254. The van der Waals surface area contributed by atoms with Crippen molar-refractivity contribution >= 4 is 18.0 Å². The number of hydrogen-bond donors (Lipinski definition) is 1. The van der Waals surface area contributed by atoms with Crippen LogP contribution in [0.25, 0.3) is 6.08 Å². The number of likely N-dealkylation sites (tertiary alicyclic amines) is 1. The fourth-order valence-corrected chi connectivity index (χ4v) is 8.85. The van der Waals surface area contributed by atoms with Crippen LogP contribution in [0, 0.1) is 0 Å². The first-order valence-corrected chi connectivity index (χ1v) is 16.1. The molecule has 2 bridgehead atoms. The monoisotopic (exact) mass is 646 g/mol. The largest absolute Gasteiger partial charge is 0.504 e. The molecule has 246 valence electrons. The number of piperidine rings is 1. The van der Waals surface area contributed by atoms with E-state index in [4.69, 9.17) is 9.47 Å². The van der Waals surface area contributed by atoms with Crippen molar-refractivity contribution in [3.8, 4) is 11.5 Å². The minimum Gasteiger partial charge on any atom is -0.504 e. The first-order valence-electron chi connectivity index (χ1n) is 16.1. The van der Waals surface area contributed by atoms with Gasteiger partial charge in [-0.05, 0) is 79.6 Å². The van der Waals surface area contributed by atoms with E-state index in [-0.39, 0.29) is 23.7 Å². The van der Waals surface area contributed by atoms with Crippen LogP contribution in [0.15, 0.2) is 72.8 Å². The summed E-state index contributed by atoms with van der Waals surface area (Å²) in [5.74, 6) is -0.294. The molecule has 1 amide bonds. The van der Waals surface area contributed by atoms with E-state index in [1.165, 1.54) is 36.8 Å². The summed E-state index contributed by atoms with van der Waals surface area (Å²) in [7, 11) is 1.70. The van der Waals surface area contributed by atoms with Gasteiger partial charge in [0.25, 0.3) is 0 Å². The van der Waals surface area contributed by atoms with Gasteiger partial charge in [-0.15, -0.1) is 0 Å². The number of halogens is 3. The first kappa shape index (κ1) is 31.3. The lowest BCUT2D eigenvalue weighted by Gasteiger charge is -2.65. The number of hydrogen-bond acceptors (Lipinski definition) is 6. The third-order valence-electron chi connectivity index (χ3n) is 10.9. The van der Waals surface area contributed by atoms with Gasteiger partial charge < -0.3 is 19.5 Å². The van der Waals surface area contributed by atoms with Crippen LogP contribution in [0.4, 0.5) is 13.2 Å². The first-order chi connectivity index (χ1) is 22.4. The van der Waals surface area contributed by atoms with Gasteiger partial charge in [-0.1, -0.05) is 48.5 Å². The highest BCUT2D eigenvalue weighted by molar-refractivity contribution is 5.92. The third-order valence-corrected chi connectivity index (χ3v) is 10.9. The fraction of sp³-hybridized carbons (Fsp3) is 0.405. The predicted molar refractivity (Wildman–Crippen MR) is 169 cm³/mol. The Bertz CT molecular complexity index is 1730. The lowest BCUT2D eigenvalue weighted by atomic mass is 9.48. The fourth-order valence-electron chi connectivity index (χ4n) is 8.85. The van der Waals surface area contributed by atoms with Crippen molar-refractivity contribution in [2.45, 2.75) is 74.4 Å². The van der Waals surface area contributed by atoms with Gasteiger partial charge in [0.1, 0.15) is 11.7 Å². The van der Waals surface area contributed by atoms with E-state index in [0.717, 1.165) is 42.8 Å². The maximum atomic E-state index is 13.6. The minimum atomic E-state index is -4.44. The summed E-state index contributed by atoms with van der Waals surface area (Å²) in [5, 5.41) is 11.0. The predicted octanol–water partition coefficient (Wildman–Crippen LogP) is 5.92. The van der Waals surface area contributed by atoms with Crippen molar-refractivity contribution in [2.75, 3.05) is 20.1 Å². The van der Waals surface area contributed by atoms with Crippen molar-refractivity contribution in [2.24, 2.45) is 0 Å². The van der Waals surface area contributed by atoms with Gasteiger partial charge in [0.2, 0.25) is 5.91 Å². The topological polar surface area (TPSA) is 79.3 Å². The van der Waals surface area contributed by atoms with Gasteiger partial charge in [0.05, 0.1) is 23.1 Å². The number of ether oxygens (including phenoxy) is 2. The molecule has 10 heteroatoms. The summed E-state index contributed by atoms with van der Waals surface area (Å²) in [6, 6.07) is 18.0. The molecule has 4 aliphatic rings. The third kappa shape index (κ3) is 4.99. The summed E-state index contributed by atoms with van der Waals surface area (Å²) in [6.07, 6.45) is 0.903. The molecule has 47 heavy (non-hydrogen) atoms. The van der Waals surface area contributed by atoms with Crippen molar-refractivity contribution < 1.29 is 37.3 Å². The molecular formula is C37H37F3N2O5.